The van der Waals surface area contributed by atoms with E-state index in [0.29, 0.717) is 5.56 Å². The van der Waals surface area contributed by atoms with Crippen molar-refractivity contribution in [2.45, 2.75) is 142 Å². The third-order valence-corrected chi connectivity index (χ3v) is 6.71. The normalized spacial score (nSPS) is 13.3. The number of unbranched alkanes of at least 4 members (excludes halogenated alkanes) is 14. The Morgan fingerprint density at radius 1 is 0.794 bits per heavy atom. The van der Waals surface area contributed by atoms with Crippen molar-refractivity contribution < 1.29 is 9.90 Å². The molecule has 0 saturated heterocycles. The van der Waals surface area contributed by atoms with Gasteiger partial charge in [0.25, 0.3) is 5.91 Å². The first-order valence-electron chi connectivity index (χ1n) is 14.3. The summed E-state index contributed by atoms with van der Waals surface area (Å²) in [5.74, 6) is -0.121. The summed E-state index contributed by atoms with van der Waals surface area (Å²) in [6.07, 6.45) is 25.0. The molecular formula is C31H53NO2. The number of aryl methyl sites for hydroxylation is 1. The van der Waals surface area contributed by atoms with Crippen LogP contribution in [0.2, 0.25) is 0 Å². The molecule has 2 N–H and O–H groups in total. The smallest absolute Gasteiger partial charge is 0.251 e. The Kier molecular flexibility index (Phi) is 18.6. The number of aliphatic hydroxyl groups excluding tert-OH is 1. The lowest BCUT2D eigenvalue weighted by Gasteiger charge is -2.17. The predicted octanol–water partition coefficient (Wildman–Crippen LogP) is 8.55. The fourth-order valence-electron chi connectivity index (χ4n) is 4.28. The number of amides is 1. The highest BCUT2D eigenvalue weighted by molar-refractivity contribution is 5.94. The van der Waals surface area contributed by atoms with Gasteiger partial charge >= 0.3 is 0 Å². The van der Waals surface area contributed by atoms with Crippen molar-refractivity contribution in [1.29, 1.82) is 0 Å². The zero-order valence-electron chi connectivity index (χ0n) is 22.5. The summed E-state index contributed by atoms with van der Waals surface area (Å²) >= 11 is 0. The molecule has 3 heteroatoms. The zero-order valence-corrected chi connectivity index (χ0v) is 22.5. The number of nitrogens with one attached hydrogen (secondary N) is 1. The van der Waals surface area contributed by atoms with Crippen LogP contribution in [0.25, 0.3) is 0 Å². The van der Waals surface area contributed by atoms with Crippen LogP contribution in [0.5, 0.6) is 0 Å². The van der Waals surface area contributed by atoms with Gasteiger partial charge in [0.2, 0.25) is 0 Å². The van der Waals surface area contributed by atoms with Gasteiger partial charge in [-0.25, -0.2) is 0 Å². The Bertz CT molecular complexity index is 637. The van der Waals surface area contributed by atoms with Crippen LogP contribution in [-0.2, 0) is 6.42 Å². The third kappa shape index (κ3) is 15.3. The second-order valence-corrected chi connectivity index (χ2v) is 10.0. The summed E-state index contributed by atoms with van der Waals surface area (Å²) in [5.41, 5.74) is 1.94. The molecule has 3 nitrogen and oxygen atoms in total. The van der Waals surface area contributed by atoms with Crippen LogP contribution in [0.1, 0.15) is 139 Å². The molecule has 0 spiro atoms. The molecule has 0 bridgehead atoms. The Labute approximate surface area is 210 Å². The Hall–Kier alpha value is -1.61. The standard InChI is InChI=1S/C31H53NO2/c1-4-6-8-10-11-12-13-14-15-16-18-20-22-30(33)27(3)32-31(34)29-25-23-28(24-26-29)21-19-17-9-7-5-2/h20,22-27,30,33H,4-19,21H2,1-3H3,(H,32,34)/b22-20+/t27-,30+/m0/s1. The van der Waals surface area contributed by atoms with Crippen molar-refractivity contribution in [3.8, 4) is 0 Å². The van der Waals surface area contributed by atoms with Gasteiger partial charge < -0.3 is 10.4 Å². The summed E-state index contributed by atoms with van der Waals surface area (Å²) < 4.78 is 0. The summed E-state index contributed by atoms with van der Waals surface area (Å²) in [4.78, 5) is 12.5. The fourth-order valence-corrected chi connectivity index (χ4v) is 4.28. The van der Waals surface area contributed by atoms with Crippen LogP contribution in [0, 0.1) is 0 Å². The molecule has 0 aliphatic carbocycles. The second kappa shape index (κ2) is 20.7. The molecule has 0 unspecified atom stereocenters. The van der Waals surface area contributed by atoms with Crippen LogP contribution in [0.3, 0.4) is 0 Å². The molecule has 1 rings (SSSR count). The molecule has 1 aromatic rings. The van der Waals surface area contributed by atoms with E-state index in [1.807, 2.05) is 25.1 Å². The summed E-state index contributed by atoms with van der Waals surface area (Å²) in [7, 11) is 0. The monoisotopic (exact) mass is 471 g/mol. The lowest BCUT2D eigenvalue weighted by atomic mass is 10.0. The molecule has 0 aliphatic heterocycles. The van der Waals surface area contributed by atoms with Gasteiger partial charge in [-0.05, 0) is 50.3 Å². The first kappa shape index (κ1) is 30.4. The second-order valence-electron chi connectivity index (χ2n) is 10.0. The van der Waals surface area contributed by atoms with E-state index in [-0.39, 0.29) is 11.9 Å². The number of hydrogen-bond acceptors (Lipinski definition) is 2. The van der Waals surface area contributed by atoms with Gasteiger partial charge in [0.05, 0.1) is 12.1 Å². The Morgan fingerprint density at radius 2 is 1.29 bits per heavy atom. The lowest BCUT2D eigenvalue weighted by molar-refractivity contribution is 0.0894. The van der Waals surface area contributed by atoms with Crippen LogP contribution >= 0.6 is 0 Å². The number of aliphatic hydroxyl groups is 1. The molecular weight excluding hydrogens is 418 g/mol. The number of allylic oxidation sites excluding steroid dienone is 1. The lowest BCUT2D eigenvalue weighted by Crippen LogP contribution is -2.40. The van der Waals surface area contributed by atoms with Crippen molar-refractivity contribution in [3.05, 3.63) is 47.5 Å². The minimum atomic E-state index is -0.658. The van der Waals surface area contributed by atoms with E-state index < -0.39 is 6.10 Å². The number of carbonyl (C=O) groups is 1. The van der Waals surface area contributed by atoms with E-state index in [4.69, 9.17) is 0 Å². The van der Waals surface area contributed by atoms with Gasteiger partial charge in [0.1, 0.15) is 0 Å². The number of rotatable bonds is 21. The molecule has 194 valence electrons. The Balaban J connectivity index is 2.16. The average molecular weight is 472 g/mol. The van der Waals surface area contributed by atoms with E-state index in [1.54, 1.807) is 0 Å². The summed E-state index contributed by atoms with van der Waals surface area (Å²) in [6.45, 7) is 6.36. The molecule has 0 aromatic heterocycles. The maximum atomic E-state index is 12.5. The van der Waals surface area contributed by atoms with Crippen molar-refractivity contribution >= 4 is 5.91 Å². The molecule has 0 fully saturated rings. The molecule has 34 heavy (non-hydrogen) atoms. The first-order valence-corrected chi connectivity index (χ1v) is 14.3. The first-order chi connectivity index (χ1) is 16.6. The van der Waals surface area contributed by atoms with Crippen molar-refractivity contribution in [2.24, 2.45) is 0 Å². The maximum absolute atomic E-state index is 12.5. The number of carbonyl (C=O) groups excluding carboxylic acids is 1. The Morgan fingerprint density at radius 3 is 1.85 bits per heavy atom. The van der Waals surface area contributed by atoms with Crippen LogP contribution in [-0.4, -0.2) is 23.2 Å². The molecule has 1 aromatic carbocycles. The fraction of sp³-hybridized carbons (Fsp3) is 0.710. The third-order valence-electron chi connectivity index (χ3n) is 6.71. The van der Waals surface area contributed by atoms with Gasteiger partial charge in [0, 0.05) is 5.56 Å². The summed E-state index contributed by atoms with van der Waals surface area (Å²) in [6, 6.07) is 7.60. The highest BCUT2D eigenvalue weighted by atomic mass is 16.3. The minimum absolute atomic E-state index is 0.121. The quantitative estimate of drug-likeness (QED) is 0.139. The SMILES string of the molecule is CCCCCCCCCCCC/C=C/[C@@H](O)[C@H](C)NC(=O)c1ccc(CCCCCCC)cc1. The molecule has 0 saturated carbocycles. The summed E-state index contributed by atoms with van der Waals surface area (Å²) in [5, 5.41) is 13.3. The number of hydrogen-bond donors (Lipinski definition) is 2. The molecule has 2 atom stereocenters. The average Bonchev–Trinajstić information content (AvgIpc) is 2.84. The number of benzene rings is 1. The topological polar surface area (TPSA) is 49.3 Å². The van der Waals surface area contributed by atoms with Gasteiger partial charge in [-0.15, -0.1) is 0 Å². The molecule has 1 amide bonds. The van der Waals surface area contributed by atoms with Crippen molar-refractivity contribution in [3.63, 3.8) is 0 Å². The van der Waals surface area contributed by atoms with Crippen molar-refractivity contribution in [2.75, 3.05) is 0 Å². The van der Waals surface area contributed by atoms with Crippen LogP contribution in [0.4, 0.5) is 0 Å². The van der Waals surface area contributed by atoms with Crippen LogP contribution in [0.15, 0.2) is 36.4 Å². The van der Waals surface area contributed by atoms with Crippen molar-refractivity contribution in [1.82, 2.24) is 5.32 Å². The highest BCUT2D eigenvalue weighted by Gasteiger charge is 2.15. The van der Waals surface area contributed by atoms with E-state index in [0.717, 1.165) is 12.8 Å². The van der Waals surface area contributed by atoms with E-state index in [2.05, 4.69) is 37.4 Å². The van der Waals surface area contributed by atoms with Gasteiger partial charge in [-0.1, -0.05) is 122 Å². The highest BCUT2D eigenvalue weighted by Crippen LogP contribution is 2.13. The van der Waals surface area contributed by atoms with E-state index in [9.17, 15) is 9.90 Å². The predicted molar refractivity (Wildman–Crippen MR) is 147 cm³/mol. The van der Waals surface area contributed by atoms with Crippen LogP contribution < -0.4 is 5.32 Å². The van der Waals surface area contributed by atoms with E-state index >= 15 is 0 Å². The van der Waals surface area contributed by atoms with E-state index in [1.165, 1.54) is 102 Å². The minimum Gasteiger partial charge on any atom is -0.387 e. The maximum Gasteiger partial charge on any atom is 0.251 e. The van der Waals surface area contributed by atoms with Gasteiger partial charge in [0.15, 0.2) is 0 Å². The molecule has 0 radical (unpaired) electrons. The molecule has 0 aliphatic rings. The molecule has 0 heterocycles. The van der Waals surface area contributed by atoms with Gasteiger partial charge in [-0.2, -0.15) is 0 Å². The van der Waals surface area contributed by atoms with Gasteiger partial charge in [-0.3, -0.25) is 4.79 Å². The largest absolute Gasteiger partial charge is 0.387 e. The zero-order chi connectivity index (χ0) is 24.9.